The van der Waals surface area contributed by atoms with Crippen molar-refractivity contribution in [2.75, 3.05) is 0 Å². The predicted molar refractivity (Wildman–Crippen MR) is 30.5 cm³/mol. The van der Waals surface area contributed by atoms with Crippen molar-refractivity contribution in [2.24, 2.45) is 5.92 Å². The first kappa shape index (κ1) is 15.7. The van der Waals surface area contributed by atoms with E-state index >= 15 is 0 Å². The van der Waals surface area contributed by atoms with Crippen LogP contribution < -0.4 is 0 Å². The number of halogens is 1. The molecule has 0 aliphatic heterocycles. The first-order valence-corrected chi connectivity index (χ1v) is 1.56. The molecular formula is C4H10BrZn-. The molecule has 0 saturated heterocycles. The van der Waals surface area contributed by atoms with E-state index in [1.54, 1.807) is 0 Å². The second-order valence-electron chi connectivity index (χ2n) is 1.39. The van der Waals surface area contributed by atoms with Gasteiger partial charge < -0.3 is 6.92 Å². The molecule has 0 unspecified atom stereocenters. The van der Waals surface area contributed by atoms with E-state index in [2.05, 4.69) is 20.8 Å². The maximum atomic E-state index is 3.64. The van der Waals surface area contributed by atoms with Gasteiger partial charge in [0.2, 0.25) is 0 Å². The Hall–Kier alpha value is 1.10. The average Bonchev–Trinajstić information content (AvgIpc) is 0.811. The van der Waals surface area contributed by atoms with E-state index in [-0.39, 0.29) is 36.5 Å². The smallest absolute Gasteiger partial charge is 0 e. The SMILES string of the molecule is Br.[CH2-]C(C)C.[Zn]. The number of hydrogen-bond donors (Lipinski definition) is 0. The van der Waals surface area contributed by atoms with E-state index in [1.807, 2.05) is 0 Å². The number of hydrogen-bond acceptors (Lipinski definition) is 0. The van der Waals surface area contributed by atoms with Gasteiger partial charge in [0.1, 0.15) is 0 Å². The van der Waals surface area contributed by atoms with Gasteiger partial charge in [0, 0.05) is 19.5 Å². The molecule has 0 atom stereocenters. The molecule has 0 fully saturated rings. The second-order valence-corrected chi connectivity index (χ2v) is 1.39. The summed E-state index contributed by atoms with van der Waals surface area (Å²) in [6, 6.07) is 0. The Balaban J connectivity index is -0.0000000450. The van der Waals surface area contributed by atoms with Gasteiger partial charge in [0.15, 0.2) is 0 Å². The van der Waals surface area contributed by atoms with Gasteiger partial charge in [0.25, 0.3) is 0 Å². The van der Waals surface area contributed by atoms with Crippen LogP contribution in [-0.2, 0) is 19.5 Å². The molecule has 0 spiro atoms. The molecule has 2 heteroatoms. The third-order valence-corrected chi connectivity index (χ3v) is 0. The van der Waals surface area contributed by atoms with Gasteiger partial charge in [-0.2, -0.15) is 5.92 Å². The molecular weight excluding hydrogens is 193 g/mol. The monoisotopic (exact) mass is 201 g/mol. The standard InChI is InChI=1S/C4H9.BrH.Zn/c1-4(2)3;;/h4H,1H2,2-3H3;1H;/q-1;;. The summed E-state index contributed by atoms with van der Waals surface area (Å²) in [6.07, 6.45) is 0. The summed E-state index contributed by atoms with van der Waals surface area (Å²) < 4.78 is 0. The first-order valence-electron chi connectivity index (χ1n) is 1.56. The summed E-state index contributed by atoms with van der Waals surface area (Å²) in [4.78, 5) is 0. The van der Waals surface area contributed by atoms with Gasteiger partial charge in [-0.3, -0.25) is 0 Å². The molecule has 0 N–H and O–H groups in total. The van der Waals surface area contributed by atoms with Crippen LogP contribution in [0.2, 0.25) is 0 Å². The van der Waals surface area contributed by atoms with E-state index in [0.29, 0.717) is 5.92 Å². The van der Waals surface area contributed by atoms with Gasteiger partial charge in [-0.15, -0.1) is 17.0 Å². The van der Waals surface area contributed by atoms with Crippen LogP contribution in [0.1, 0.15) is 13.8 Å². The van der Waals surface area contributed by atoms with Gasteiger partial charge in [-0.05, 0) is 0 Å². The second kappa shape index (κ2) is 9.44. The van der Waals surface area contributed by atoms with E-state index < -0.39 is 0 Å². The van der Waals surface area contributed by atoms with Crippen LogP contribution in [0.15, 0.2) is 0 Å². The molecule has 0 aromatic carbocycles. The molecule has 0 aromatic rings. The van der Waals surface area contributed by atoms with Crippen LogP contribution >= 0.6 is 17.0 Å². The maximum absolute atomic E-state index is 3.64. The normalized spacial score (nSPS) is 6.00. The minimum Gasteiger partial charge on any atom is -0.341 e. The minimum atomic E-state index is 0. The molecule has 0 nitrogen and oxygen atoms in total. The fourth-order valence-corrected chi connectivity index (χ4v) is 0. The van der Waals surface area contributed by atoms with Crippen molar-refractivity contribution in [1.29, 1.82) is 0 Å². The molecule has 36 valence electrons. The molecule has 6 heavy (non-hydrogen) atoms. The van der Waals surface area contributed by atoms with Crippen LogP contribution in [-0.4, -0.2) is 0 Å². The summed E-state index contributed by atoms with van der Waals surface area (Å²) in [7, 11) is 0. The zero-order valence-corrected chi connectivity index (χ0v) is 9.08. The van der Waals surface area contributed by atoms with Crippen molar-refractivity contribution in [2.45, 2.75) is 13.8 Å². The van der Waals surface area contributed by atoms with Gasteiger partial charge in [-0.1, -0.05) is 13.8 Å². The molecule has 0 rings (SSSR count). The van der Waals surface area contributed by atoms with E-state index in [1.165, 1.54) is 0 Å². The Morgan fingerprint density at radius 2 is 1.33 bits per heavy atom. The van der Waals surface area contributed by atoms with Crippen molar-refractivity contribution in [1.82, 2.24) is 0 Å². The summed E-state index contributed by atoms with van der Waals surface area (Å²) in [5, 5.41) is 0. The van der Waals surface area contributed by atoms with Gasteiger partial charge in [-0.25, -0.2) is 0 Å². The van der Waals surface area contributed by atoms with E-state index in [4.69, 9.17) is 0 Å². The molecule has 0 bridgehead atoms. The molecule has 0 aliphatic carbocycles. The van der Waals surface area contributed by atoms with E-state index in [0.717, 1.165) is 0 Å². The Morgan fingerprint density at radius 3 is 1.33 bits per heavy atom. The Bertz CT molecular complexity index is 12.3. The van der Waals surface area contributed by atoms with Gasteiger partial charge >= 0.3 is 0 Å². The third kappa shape index (κ3) is 70.6. The summed E-state index contributed by atoms with van der Waals surface area (Å²) in [5.74, 6) is 0.583. The number of rotatable bonds is 0. The molecule has 0 saturated carbocycles. The van der Waals surface area contributed by atoms with Crippen molar-refractivity contribution in [3.05, 3.63) is 6.92 Å². The summed E-state index contributed by atoms with van der Waals surface area (Å²) >= 11 is 0. The Kier molecular flexibility index (Phi) is 24.7. The fourth-order valence-electron chi connectivity index (χ4n) is 0. The average molecular weight is 203 g/mol. The molecule has 0 radical (unpaired) electrons. The summed E-state index contributed by atoms with van der Waals surface area (Å²) in [6.45, 7) is 7.75. The van der Waals surface area contributed by atoms with Crippen LogP contribution in [0.25, 0.3) is 0 Å². The van der Waals surface area contributed by atoms with Crippen LogP contribution in [0, 0.1) is 12.8 Å². The quantitative estimate of drug-likeness (QED) is 0.417. The third-order valence-electron chi connectivity index (χ3n) is 0. The maximum Gasteiger partial charge on any atom is 0 e. The van der Waals surface area contributed by atoms with E-state index in [9.17, 15) is 0 Å². The van der Waals surface area contributed by atoms with Crippen molar-refractivity contribution < 1.29 is 19.5 Å². The first-order chi connectivity index (χ1) is 1.73. The van der Waals surface area contributed by atoms with Crippen LogP contribution in [0.3, 0.4) is 0 Å². The fraction of sp³-hybridized carbons (Fsp3) is 0.750. The minimum absolute atomic E-state index is 0. The van der Waals surface area contributed by atoms with Crippen LogP contribution in [0.5, 0.6) is 0 Å². The van der Waals surface area contributed by atoms with Gasteiger partial charge in [0.05, 0.1) is 0 Å². The topological polar surface area (TPSA) is 0 Å². The zero-order valence-electron chi connectivity index (χ0n) is 4.40. The van der Waals surface area contributed by atoms with Crippen molar-refractivity contribution >= 4 is 17.0 Å². The Labute approximate surface area is 63.2 Å². The summed E-state index contributed by atoms with van der Waals surface area (Å²) in [5.41, 5.74) is 0. The molecule has 0 heterocycles. The van der Waals surface area contributed by atoms with Crippen molar-refractivity contribution in [3.8, 4) is 0 Å². The van der Waals surface area contributed by atoms with Crippen LogP contribution in [0.4, 0.5) is 0 Å². The largest absolute Gasteiger partial charge is 0.341 e. The van der Waals surface area contributed by atoms with Crippen molar-refractivity contribution in [3.63, 3.8) is 0 Å². The molecule has 0 aliphatic rings. The Morgan fingerprint density at radius 1 is 1.33 bits per heavy atom. The zero-order chi connectivity index (χ0) is 3.58. The molecule has 0 aromatic heterocycles. The predicted octanol–water partition coefficient (Wildman–Crippen LogP) is 2.05. The molecule has 0 amide bonds.